The molecule has 150 valence electrons. The van der Waals surface area contributed by atoms with Gasteiger partial charge in [0.05, 0.1) is 29.7 Å². The van der Waals surface area contributed by atoms with Crippen LogP contribution in [0.3, 0.4) is 0 Å². The van der Waals surface area contributed by atoms with Crippen LogP contribution in [0.4, 0.5) is 0 Å². The number of aromatic amines is 1. The van der Waals surface area contributed by atoms with Crippen LogP contribution in [0.25, 0.3) is 49.9 Å². The van der Waals surface area contributed by atoms with Crippen LogP contribution in [-0.4, -0.2) is 21.9 Å². The van der Waals surface area contributed by atoms with Crippen molar-refractivity contribution in [2.45, 2.75) is 0 Å². The highest BCUT2D eigenvalue weighted by atomic mass is 35.5. The number of benzene rings is 3. The van der Waals surface area contributed by atoms with Crippen LogP contribution in [-0.2, 0) is 0 Å². The van der Waals surface area contributed by atoms with Gasteiger partial charge in [-0.15, -0.1) is 0 Å². The number of nitrogens with zero attached hydrogens (tertiary/aromatic N) is 2. The number of hydrogen-bond donors (Lipinski definition) is 1. The molecule has 1 aromatic heterocycles. The molecule has 1 aliphatic carbocycles. The van der Waals surface area contributed by atoms with Gasteiger partial charge in [0, 0.05) is 33.1 Å². The van der Waals surface area contributed by atoms with Crippen molar-refractivity contribution in [1.29, 1.82) is 0 Å². The van der Waals surface area contributed by atoms with Crippen molar-refractivity contribution < 1.29 is 4.74 Å². The second-order valence-electron chi connectivity index (χ2n) is 7.54. The Morgan fingerprint density at radius 1 is 0.903 bits per heavy atom. The fraction of sp³-hybridized carbons (Fsp3) is 0.0385. The average molecular weight is 424 g/mol. The van der Waals surface area contributed by atoms with Crippen LogP contribution in [0.2, 0.25) is 5.02 Å². The molecule has 0 radical (unpaired) electrons. The summed E-state index contributed by atoms with van der Waals surface area (Å²) in [4.78, 5) is 4.52. The Hall–Kier alpha value is -3.76. The van der Waals surface area contributed by atoms with E-state index in [0.29, 0.717) is 5.02 Å². The number of methoxy groups -OCH3 is 1. The van der Waals surface area contributed by atoms with Crippen LogP contribution in [0.1, 0.15) is 0 Å². The normalized spacial score (nSPS) is 11.5. The van der Waals surface area contributed by atoms with Crippen LogP contribution >= 0.6 is 11.6 Å². The maximum absolute atomic E-state index is 6.22. The Bertz CT molecular complexity index is 1550. The van der Waals surface area contributed by atoms with Gasteiger partial charge in [-0.1, -0.05) is 48.0 Å². The molecule has 0 saturated carbocycles. The third-order valence-corrected chi connectivity index (χ3v) is 6.00. The maximum Gasteiger partial charge on any atom is 0.119 e. The van der Waals surface area contributed by atoms with E-state index < -0.39 is 0 Å². The number of halogens is 1. The minimum absolute atomic E-state index is 0.676. The summed E-state index contributed by atoms with van der Waals surface area (Å²) >= 11 is 6.22. The van der Waals surface area contributed by atoms with Gasteiger partial charge in [-0.05, 0) is 47.9 Å². The number of aromatic nitrogens is 3. The second-order valence-corrected chi connectivity index (χ2v) is 7.98. The summed E-state index contributed by atoms with van der Waals surface area (Å²) in [5.41, 5.74) is 6.30. The molecular formula is C26H18ClN3O. The van der Waals surface area contributed by atoms with Gasteiger partial charge in [0.2, 0.25) is 0 Å². The number of pyridine rings is 1. The Kier molecular flexibility index (Phi) is 4.01. The molecule has 3 aromatic carbocycles. The third kappa shape index (κ3) is 2.80. The van der Waals surface area contributed by atoms with Gasteiger partial charge in [0.1, 0.15) is 5.75 Å². The van der Waals surface area contributed by atoms with Crippen molar-refractivity contribution in [3.63, 3.8) is 0 Å². The molecule has 5 heteroatoms. The molecule has 31 heavy (non-hydrogen) atoms. The lowest BCUT2D eigenvalue weighted by Gasteiger charge is -2.10. The van der Waals surface area contributed by atoms with E-state index in [2.05, 4.69) is 57.2 Å². The summed E-state index contributed by atoms with van der Waals surface area (Å²) in [5, 5.41) is 7.76. The molecule has 1 N–H and O–H groups in total. The quantitative estimate of drug-likeness (QED) is 0.335. The topological polar surface area (TPSA) is 42.8 Å². The Balaban J connectivity index is 1.70. The molecule has 0 amide bonds. The van der Waals surface area contributed by atoms with Crippen molar-refractivity contribution in [1.82, 2.24) is 14.8 Å². The summed E-state index contributed by atoms with van der Waals surface area (Å²) in [5.74, 6) is 0.826. The summed E-state index contributed by atoms with van der Waals surface area (Å²) in [6.07, 6.45) is 1.82. The van der Waals surface area contributed by atoms with Crippen molar-refractivity contribution in [2.24, 2.45) is 0 Å². The summed E-state index contributed by atoms with van der Waals surface area (Å²) < 4.78 is 7.62. The van der Waals surface area contributed by atoms with E-state index in [4.69, 9.17) is 16.3 Å². The molecular weight excluding hydrogens is 406 g/mol. The van der Waals surface area contributed by atoms with E-state index in [-0.39, 0.29) is 0 Å². The smallest absolute Gasteiger partial charge is 0.119 e. The van der Waals surface area contributed by atoms with Crippen molar-refractivity contribution in [3.8, 4) is 34.0 Å². The number of ether oxygens (including phenoxy) is 1. The predicted molar refractivity (Wildman–Crippen MR) is 127 cm³/mol. The maximum atomic E-state index is 6.22. The monoisotopic (exact) mass is 423 g/mol. The van der Waals surface area contributed by atoms with Gasteiger partial charge in [-0.3, -0.25) is 14.8 Å². The highest BCUT2D eigenvalue weighted by molar-refractivity contribution is 6.31. The van der Waals surface area contributed by atoms with E-state index in [1.54, 1.807) is 7.11 Å². The van der Waals surface area contributed by atoms with Crippen molar-refractivity contribution >= 4 is 33.3 Å². The molecule has 4 aromatic rings. The molecule has 0 unspecified atom stereocenters. The zero-order chi connectivity index (χ0) is 20.9. The summed E-state index contributed by atoms with van der Waals surface area (Å²) in [6, 6.07) is 26.7. The van der Waals surface area contributed by atoms with Crippen LogP contribution in [0.5, 0.6) is 5.75 Å². The lowest BCUT2D eigenvalue weighted by atomic mass is 10.1. The molecule has 0 fully saturated rings. The number of rotatable bonds is 3. The van der Waals surface area contributed by atoms with E-state index >= 15 is 0 Å². The standard InChI is InChI=1S/C26H18ClN3O/c1-31-19-7-4-6-17(13-19)25-22-14-16-5-2-3-8-20(16)26(22)30(29-25)24-11-12-28-23-15-18(27)9-10-21(23)24/h2-15,29H,1H3. The summed E-state index contributed by atoms with van der Waals surface area (Å²) in [7, 11) is 1.69. The first-order valence-electron chi connectivity index (χ1n) is 10.0. The van der Waals surface area contributed by atoms with E-state index in [1.165, 1.54) is 10.8 Å². The molecule has 2 aliphatic rings. The molecule has 1 aliphatic heterocycles. The predicted octanol–water partition coefficient (Wildman–Crippen LogP) is 6.94. The number of H-pyrrole nitrogens is 1. The van der Waals surface area contributed by atoms with Gasteiger partial charge >= 0.3 is 0 Å². The minimum Gasteiger partial charge on any atom is -0.497 e. The third-order valence-electron chi connectivity index (χ3n) is 5.77. The van der Waals surface area contributed by atoms with Gasteiger partial charge in [-0.2, -0.15) is 0 Å². The molecule has 0 saturated heterocycles. The van der Waals surface area contributed by atoms with Crippen LogP contribution < -0.4 is 4.74 Å². The first kappa shape index (κ1) is 18.0. The lowest BCUT2D eigenvalue weighted by molar-refractivity contribution is 0.415. The van der Waals surface area contributed by atoms with Crippen LogP contribution in [0.15, 0.2) is 85.1 Å². The van der Waals surface area contributed by atoms with Crippen LogP contribution in [0, 0.1) is 0 Å². The fourth-order valence-corrected chi connectivity index (χ4v) is 4.51. The first-order chi connectivity index (χ1) is 15.2. The molecule has 4 nitrogen and oxygen atoms in total. The SMILES string of the molecule is COc1cccc(-c2[nH]n(-c3ccnc4cc(Cl)ccc34)c3c4ccccc4cc2-3)c1. The molecule has 6 rings (SSSR count). The van der Waals surface area contributed by atoms with E-state index in [1.807, 2.05) is 42.6 Å². The largest absolute Gasteiger partial charge is 0.497 e. The average Bonchev–Trinajstić information content (AvgIpc) is 3.36. The van der Waals surface area contributed by atoms with Gasteiger partial charge in [0.25, 0.3) is 0 Å². The fourth-order valence-electron chi connectivity index (χ4n) is 4.35. The first-order valence-corrected chi connectivity index (χ1v) is 10.4. The summed E-state index contributed by atoms with van der Waals surface area (Å²) in [6.45, 7) is 0. The van der Waals surface area contributed by atoms with E-state index in [0.717, 1.165) is 44.9 Å². The highest BCUT2D eigenvalue weighted by Crippen LogP contribution is 2.43. The minimum atomic E-state index is 0.676. The number of fused-ring (bicyclic) bond motifs is 4. The Morgan fingerprint density at radius 2 is 1.81 bits per heavy atom. The molecule has 0 spiro atoms. The van der Waals surface area contributed by atoms with Gasteiger partial charge in [0.15, 0.2) is 0 Å². The van der Waals surface area contributed by atoms with Crippen molar-refractivity contribution in [2.75, 3.05) is 7.11 Å². The Morgan fingerprint density at radius 3 is 2.71 bits per heavy atom. The molecule has 2 heterocycles. The molecule has 0 bridgehead atoms. The number of hydrogen-bond acceptors (Lipinski definition) is 2. The van der Waals surface area contributed by atoms with Crippen molar-refractivity contribution in [3.05, 3.63) is 90.1 Å². The second kappa shape index (κ2) is 6.89. The lowest BCUT2D eigenvalue weighted by Crippen LogP contribution is -1.99. The molecule has 0 atom stereocenters. The van der Waals surface area contributed by atoms with Gasteiger partial charge < -0.3 is 4.74 Å². The van der Waals surface area contributed by atoms with E-state index in [9.17, 15) is 0 Å². The Labute approximate surface area is 184 Å². The number of nitrogens with one attached hydrogen (secondary N) is 1. The highest BCUT2D eigenvalue weighted by Gasteiger charge is 2.23. The zero-order valence-corrected chi connectivity index (χ0v) is 17.5. The van der Waals surface area contributed by atoms with Gasteiger partial charge in [-0.25, -0.2) is 0 Å². The zero-order valence-electron chi connectivity index (χ0n) is 16.8.